The number of benzene rings is 5. The molecule has 0 fully saturated rings. The molecule has 0 bridgehead atoms. The first-order chi connectivity index (χ1) is 18.8. The molecule has 1 N–H and O–H groups in total. The van der Waals surface area contributed by atoms with E-state index in [4.69, 9.17) is 9.98 Å². The minimum Gasteiger partial charge on any atom is -0.330 e. The van der Waals surface area contributed by atoms with Gasteiger partial charge in [-0.1, -0.05) is 97.1 Å². The first kappa shape index (κ1) is 21.4. The van der Waals surface area contributed by atoms with Crippen LogP contribution in [0.5, 0.6) is 0 Å². The van der Waals surface area contributed by atoms with Gasteiger partial charge in [0.1, 0.15) is 6.17 Å². The third-order valence-corrected chi connectivity index (χ3v) is 8.39. The molecule has 1 aliphatic heterocycles. The summed E-state index contributed by atoms with van der Waals surface area (Å²) in [6.45, 7) is 0. The molecular weight excluding hydrogens is 484 g/mol. The minimum absolute atomic E-state index is 0.247. The van der Waals surface area contributed by atoms with E-state index in [9.17, 15) is 0 Å². The molecule has 2 aromatic heterocycles. The van der Waals surface area contributed by atoms with Crippen LogP contribution in [0.2, 0.25) is 0 Å². The van der Waals surface area contributed by atoms with E-state index in [0.717, 1.165) is 34.0 Å². The smallest absolute Gasteiger partial charge is 0.211 e. The normalized spacial score (nSPS) is 15.6. The molecule has 0 spiro atoms. The third kappa shape index (κ3) is 3.29. The molecule has 7 aromatic rings. The molecule has 5 heteroatoms. The molecule has 0 saturated carbocycles. The Hall–Kier alpha value is -4.74. The Morgan fingerprint density at radius 3 is 2.16 bits per heavy atom. The topological polar surface area (TPSA) is 41.7 Å². The second kappa shape index (κ2) is 8.40. The van der Waals surface area contributed by atoms with Crippen LogP contribution in [0.15, 0.2) is 131 Å². The maximum Gasteiger partial charge on any atom is 0.211 e. The van der Waals surface area contributed by atoms with Crippen molar-refractivity contribution in [1.29, 1.82) is 0 Å². The van der Waals surface area contributed by atoms with Crippen molar-refractivity contribution < 1.29 is 0 Å². The van der Waals surface area contributed by atoms with Gasteiger partial charge in [0.2, 0.25) is 5.96 Å². The molecule has 5 aromatic carbocycles. The lowest BCUT2D eigenvalue weighted by Crippen LogP contribution is -2.37. The number of hydrogen-bond acceptors (Lipinski definition) is 4. The van der Waals surface area contributed by atoms with Crippen molar-refractivity contribution in [2.75, 3.05) is 0 Å². The third-order valence-electron chi connectivity index (χ3n) is 7.26. The van der Waals surface area contributed by atoms with Crippen LogP contribution in [0.3, 0.4) is 0 Å². The number of rotatable bonds is 2. The van der Waals surface area contributed by atoms with Gasteiger partial charge in [0.25, 0.3) is 0 Å². The van der Waals surface area contributed by atoms with Gasteiger partial charge in [0, 0.05) is 36.5 Å². The van der Waals surface area contributed by atoms with Gasteiger partial charge < -0.3 is 5.32 Å². The van der Waals surface area contributed by atoms with Gasteiger partial charge in [0.05, 0.1) is 11.0 Å². The molecule has 3 heterocycles. The van der Waals surface area contributed by atoms with Gasteiger partial charge in [-0.05, 0) is 29.8 Å². The Labute approximate surface area is 223 Å². The van der Waals surface area contributed by atoms with Crippen molar-refractivity contribution in [2.24, 2.45) is 9.98 Å². The highest BCUT2D eigenvalue weighted by Gasteiger charge is 2.24. The van der Waals surface area contributed by atoms with E-state index in [1.165, 1.54) is 30.9 Å². The van der Waals surface area contributed by atoms with E-state index < -0.39 is 0 Å². The number of thiophene rings is 1. The quantitative estimate of drug-likeness (QED) is 0.253. The first-order valence-electron chi connectivity index (χ1n) is 12.7. The zero-order chi connectivity index (χ0) is 25.1. The molecule has 4 nitrogen and oxygen atoms in total. The molecule has 8 rings (SSSR count). The van der Waals surface area contributed by atoms with E-state index in [0.29, 0.717) is 0 Å². The predicted molar refractivity (Wildman–Crippen MR) is 160 cm³/mol. The summed E-state index contributed by atoms with van der Waals surface area (Å²) in [5.41, 5.74) is 4.36. The van der Waals surface area contributed by atoms with Crippen LogP contribution in [0.1, 0.15) is 17.3 Å². The molecule has 0 aliphatic carbocycles. The summed E-state index contributed by atoms with van der Waals surface area (Å²) in [4.78, 5) is 10.1. The molecule has 0 saturated heterocycles. The van der Waals surface area contributed by atoms with Gasteiger partial charge in [-0.15, -0.1) is 11.3 Å². The van der Waals surface area contributed by atoms with E-state index >= 15 is 0 Å². The maximum absolute atomic E-state index is 5.12. The molecule has 0 amide bonds. The van der Waals surface area contributed by atoms with Crippen LogP contribution in [0.4, 0.5) is 0 Å². The Balaban J connectivity index is 1.41. The summed E-state index contributed by atoms with van der Waals surface area (Å²) < 4.78 is 4.85. The number of aromatic nitrogens is 1. The standard InChI is InChI=1S/C33H22N4S/c1-3-11-21(12-4-1)31-34-32(22-13-5-2-6-14-22)36-33(35-31)37-27-17-9-7-15-23(27)25-19-26-24-16-8-10-18-29(24)38-30(26)20-28(25)37/h1-20,31H,(H,34,35,36). The summed E-state index contributed by atoms with van der Waals surface area (Å²) in [7, 11) is 0. The summed E-state index contributed by atoms with van der Waals surface area (Å²) in [5, 5.41) is 8.70. The second-order valence-electron chi connectivity index (χ2n) is 9.53. The molecule has 1 aliphatic rings. The summed E-state index contributed by atoms with van der Waals surface area (Å²) in [5.74, 6) is 1.50. The number of aliphatic imine (C=N–C) groups is 2. The molecule has 0 radical (unpaired) electrons. The van der Waals surface area contributed by atoms with Gasteiger partial charge in [-0.2, -0.15) is 4.99 Å². The van der Waals surface area contributed by atoms with Crippen LogP contribution in [0.25, 0.3) is 42.0 Å². The summed E-state index contributed by atoms with van der Waals surface area (Å²) in [6, 6.07) is 42.5. The lowest BCUT2D eigenvalue weighted by atomic mass is 10.1. The van der Waals surface area contributed by atoms with Crippen LogP contribution in [0, 0.1) is 0 Å². The summed E-state index contributed by atoms with van der Waals surface area (Å²) >= 11 is 1.84. The fourth-order valence-corrected chi connectivity index (χ4v) is 6.61. The average molecular weight is 507 g/mol. The number of amidine groups is 1. The van der Waals surface area contributed by atoms with Crippen molar-refractivity contribution in [3.05, 3.63) is 132 Å². The number of nitrogens with one attached hydrogen (secondary N) is 1. The van der Waals surface area contributed by atoms with E-state index in [-0.39, 0.29) is 6.17 Å². The number of nitrogens with zero attached hydrogens (tertiary/aromatic N) is 3. The van der Waals surface area contributed by atoms with Crippen LogP contribution in [-0.2, 0) is 0 Å². The number of hydrogen-bond donors (Lipinski definition) is 1. The minimum atomic E-state index is -0.247. The average Bonchev–Trinajstić information content (AvgIpc) is 3.51. The second-order valence-corrected chi connectivity index (χ2v) is 10.6. The Kier molecular flexibility index (Phi) is 4.72. The number of fused-ring (bicyclic) bond motifs is 6. The highest BCUT2D eigenvalue weighted by molar-refractivity contribution is 7.25. The molecule has 1 atom stereocenters. The zero-order valence-corrected chi connectivity index (χ0v) is 21.2. The Bertz CT molecular complexity index is 2050. The number of para-hydroxylation sites is 1. The lowest BCUT2D eigenvalue weighted by Gasteiger charge is -2.24. The van der Waals surface area contributed by atoms with Gasteiger partial charge in [-0.3, -0.25) is 4.57 Å². The van der Waals surface area contributed by atoms with Crippen molar-refractivity contribution >= 4 is 65.1 Å². The van der Waals surface area contributed by atoms with Gasteiger partial charge in [-0.25, -0.2) is 4.99 Å². The molecule has 38 heavy (non-hydrogen) atoms. The van der Waals surface area contributed by atoms with E-state index in [1.807, 2.05) is 35.6 Å². The van der Waals surface area contributed by atoms with Crippen molar-refractivity contribution in [3.8, 4) is 0 Å². The van der Waals surface area contributed by atoms with Gasteiger partial charge in [0.15, 0.2) is 5.84 Å². The zero-order valence-electron chi connectivity index (χ0n) is 20.4. The SMILES string of the molecule is c1ccc(C2=NC(c3ccccc3)NC(n3c4ccccc4c4cc5c(cc43)sc3ccccc35)=N2)cc1. The monoisotopic (exact) mass is 506 g/mol. The highest BCUT2D eigenvalue weighted by Crippen LogP contribution is 2.39. The first-order valence-corrected chi connectivity index (χ1v) is 13.5. The van der Waals surface area contributed by atoms with Crippen LogP contribution >= 0.6 is 11.3 Å². The van der Waals surface area contributed by atoms with E-state index in [2.05, 4.69) is 107 Å². The van der Waals surface area contributed by atoms with Crippen molar-refractivity contribution in [1.82, 2.24) is 9.88 Å². The fraction of sp³-hybridized carbons (Fsp3) is 0.0303. The molecule has 180 valence electrons. The predicted octanol–water partition coefficient (Wildman–Crippen LogP) is 8.12. The van der Waals surface area contributed by atoms with Crippen molar-refractivity contribution in [2.45, 2.75) is 6.17 Å². The van der Waals surface area contributed by atoms with Crippen molar-refractivity contribution in [3.63, 3.8) is 0 Å². The highest BCUT2D eigenvalue weighted by atomic mass is 32.1. The Morgan fingerprint density at radius 2 is 1.32 bits per heavy atom. The largest absolute Gasteiger partial charge is 0.330 e. The lowest BCUT2D eigenvalue weighted by molar-refractivity contribution is 0.661. The molecular formula is C33H22N4S. The van der Waals surface area contributed by atoms with Crippen LogP contribution in [-0.4, -0.2) is 16.4 Å². The van der Waals surface area contributed by atoms with Gasteiger partial charge >= 0.3 is 0 Å². The Morgan fingerprint density at radius 1 is 0.605 bits per heavy atom. The molecule has 1 unspecified atom stereocenters. The van der Waals surface area contributed by atoms with Crippen LogP contribution < -0.4 is 5.32 Å². The maximum atomic E-state index is 5.12. The summed E-state index contributed by atoms with van der Waals surface area (Å²) in [6.07, 6.45) is -0.247. The fourth-order valence-electron chi connectivity index (χ4n) is 5.49. The van der Waals surface area contributed by atoms with E-state index in [1.54, 1.807) is 0 Å².